The van der Waals surface area contributed by atoms with Crippen molar-refractivity contribution in [1.29, 1.82) is 0 Å². The van der Waals surface area contributed by atoms with Gasteiger partial charge in [-0.1, -0.05) is 0 Å². The van der Waals surface area contributed by atoms with E-state index in [1.807, 2.05) is 0 Å². The summed E-state index contributed by atoms with van der Waals surface area (Å²) < 4.78 is 5.43. The van der Waals surface area contributed by atoms with E-state index in [1.165, 1.54) is 36.3 Å². The van der Waals surface area contributed by atoms with E-state index in [9.17, 15) is 14.4 Å². The second-order valence-corrected chi connectivity index (χ2v) is 5.60. The quantitative estimate of drug-likeness (QED) is 0.775. The van der Waals surface area contributed by atoms with Gasteiger partial charge in [-0.2, -0.15) is 5.10 Å². The van der Waals surface area contributed by atoms with Crippen molar-refractivity contribution in [1.82, 2.24) is 10.2 Å². The molecule has 9 heteroatoms. The third-order valence-electron chi connectivity index (χ3n) is 3.07. The number of carbonyl (C=O) groups excluding carboxylic acids is 1. The van der Waals surface area contributed by atoms with Crippen LogP contribution >= 0.6 is 11.3 Å². The van der Waals surface area contributed by atoms with Crippen LogP contribution in [0.25, 0.3) is 10.3 Å². The minimum absolute atomic E-state index is 0.167. The predicted molar refractivity (Wildman–Crippen MR) is 82.1 cm³/mol. The van der Waals surface area contributed by atoms with Gasteiger partial charge in [0.25, 0.3) is 5.91 Å². The number of fused-ring (bicyclic) bond motifs is 1. The molecule has 0 spiro atoms. The number of carbonyl (C=O) groups is 2. The SMILES string of the molecule is CN(C(=O)c1cccnn1)c1cc2oc(=O)c(C(=O)O)cc2s1. The molecular formula is C14H9N3O5S. The molecular weight excluding hydrogens is 322 g/mol. The highest BCUT2D eigenvalue weighted by Gasteiger charge is 2.20. The third-order valence-corrected chi connectivity index (χ3v) is 4.21. The van der Waals surface area contributed by atoms with Gasteiger partial charge in [0.1, 0.15) is 10.6 Å². The number of carboxylic acids is 1. The molecule has 0 radical (unpaired) electrons. The Labute approximate surface area is 132 Å². The van der Waals surface area contributed by atoms with Gasteiger partial charge in [-0.15, -0.1) is 16.4 Å². The third kappa shape index (κ3) is 2.69. The largest absolute Gasteiger partial charge is 0.477 e. The zero-order chi connectivity index (χ0) is 16.6. The summed E-state index contributed by atoms with van der Waals surface area (Å²) in [5.41, 5.74) is -0.995. The van der Waals surface area contributed by atoms with E-state index in [0.717, 1.165) is 11.3 Å². The second kappa shape index (κ2) is 5.61. The zero-order valence-corrected chi connectivity index (χ0v) is 12.5. The van der Waals surface area contributed by atoms with Gasteiger partial charge in [0.15, 0.2) is 11.3 Å². The van der Waals surface area contributed by atoms with Crippen LogP contribution in [-0.4, -0.2) is 34.2 Å². The molecule has 1 N–H and O–H groups in total. The summed E-state index contributed by atoms with van der Waals surface area (Å²) in [4.78, 5) is 36.2. The average molecular weight is 331 g/mol. The van der Waals surface area contributed by atoms with E-state index in [1.54, 1.807) is 6.07 Å². The topological polar surface area (TPSA) is 114 Å². The van der Waals surface area contributed by atoms with Crippen LogP contribution in [0.4, 0.5) is 5.00 Å². The van der Waals surface area contributed by atoms with Crippen molar-refractivity contribution in [2.75, 3.05) is 11.9 Å². The molecule has 3 rings (SSSR count). The predicted octanol–water partition coefficient (Wildman–Crippen LogP) is 1.62. The second-order valence-electron chi connectivity index (χ2n) is 4.54. The molecule has 0 unspecified atom stereocenters. The Hall–Kier alpha value is -3.07. The number of thiophene rings is 1. The molecule has 3 aromatic heterocycles. The van der Waals surface area contributed by atoms with E-state index in [2.05, 4.69) is 10.2 Å². The summed E-state index contributed by atoms with van der Waals surface area (Å²) in [5.74, 6) is -1.75. The highest BCUT2D eigenvalue weighted by atomic mass is 32.1. The van der Waals surface area contributed by atoms with Gasteiger partial charge in [0.2, 0.25) is 0 Å². The monoisotopic (exact) mass is 331 g/mol. The maximum absolute atomic E-state index is 12.3. The standard InChI is InChI=1S/C14H9N3O5S/c1-17(12(18)8-3-2-4-15-16-8)11-6-9-10(23-11)5-7(13(19)20)14(21)22-9/h2-6H,1H3,(H,19,20). The molecule has 0 aliphatic carbocycles. The van der Waals surface area contributed by atoms with Crippen molar-refractivity contribution in [3.63, 3.8) is 0 Å². The summed E-state index contributed by atoms with van der Waals surface area (Å²) in [6.07, 6.45) is 1.46. The molecule has 0 bridgehead atoms. The summed E-state index contributed by atoms with van der Waals surface area (Å²) in [7, 11) is 1.54. The van der Waals surface area contributed by atoms with Gasteiger partial charge < -0.3 is 14.4 Å². The fourth-order valence-corrected chi connectivity index (χ4v) is 2.89. The Morgan fingerprint density at radius 2 is 2.13 bits per heavy atom. The Morgan fingerprint density at radius 1 is 1.35 bits per heavy atom. The number of carboxylic acid groups (broad SMARTS) is 1. The van der Waals surface area contributed by atoms with Crippen LogP contribution in [0.2, 0.25) is 0 Å². The number of rotatable bonds is 3. The first-order valence-electron chi connectivity index (χ1n) is 6.34. The number of anilines is 1. The van der Waals surface area contributed by atoms with Gasteiger partial charge in [-0.3, -0.25) is 4.79 Å². The normalized spacial score (nSPS) is 10.7. The maximum atomic E-state index is 12.3. The smallest absolute Gasteiger partial charge is 0.351 e. The van der Waals surface area contributed by atoms with E-state index in [0.29, 0.717) is 9.70 Å². The van der Waals surface area contributed by atoms with Crippen LogP contribution in [0.3, 0.4) is 0 Å². The highest BCUT2D eigenvalue weighted by Crippen LogP contribution is 2.32. The van der Waals surface area contributed by atoms with Crippen LogP contribution in [0.5, 0.6) is 0 Å². The van der Waals surface area contributed by atoms with Crippen molar-refractivity contribution in [2.45, 2.75) is 0 Å². The minimum atomic E-state index is -1.36. The fraction of sp³-hybridized carbons (Fsp3) is 0.0714. The highest BCUT2D eigenvalue weighted by molar-refractivity contribution is 7.22. The molecule has 1 amide bonds. The molecule has 116 valence electrons. The molecule has 0 aliphatic heterocycles. The summed E-state index contributed by atoms with van der Waals surface area (Å²) >= 11 is 1.13. The van der Waals surface area contributed by atoms with Crippen LogP contribution in [-0.2, 0) is 0 Å². The van der Waals surface area contributed by atoms with Crippen LogP contribution in [0.15, 0.2) is 39.7 Å². The average Bonchev–Trinajstić information content (AvgIpc) is 2.96. The molecule has 0 atom stereocenters. The molecule has 0 fully saturated rings. The first kappa shape index (κ1) is 14.9. The van der Waals surface area contributed by atoms with E-state index >= 15 is 0 Å². The number of aromatic carboxylic acids is 1. The first-order chi connectivity index (χ1) is 11.0. The first-order valence-corrected chi connectivity index (χ1v) is 7.16. The van der Waals surface area contributed by atoms with Gasteiger partial charge in [-0.25, -0.2) is 9.59 Å². The lowest BCUT2D eigenvalue weighted by Crippen LogP contribution is -2.26. The van der Waals surface area contributed by atoms with E-state index < -0.39 is 17.2 Å². The number of hydrogen-bond donors (Lipinski definition) is 1. The lowest BCUT2D eigenvalue weighted by atomic mass is 10.3. The number of aromatic nitrogens is 2. The molecule has 0 aromatic carbocycles. The maximum Gasteiger partial charge on any atom is 0.351 e. The zero-order valence-electron chi connectivity index (χ0n) is 11.7. The Bertz CT molecular complexity index is 963. The molecule has 0 aliphatic rings. The van der Waals surface area contributed by atoms with E-state index in [4.69, 9.17) is 9.52 Å². The molecule has 8 nitrogen and oxygen atoms in total. The lowest BCUT2D eigenvalue weighted by molar-refractivity contribution is 0.0692. The Morgan fingerprint density at radius 3 is 2.78 bits per heavy atom. The molecule has 3 heterocycles. The summed E-state index contributed by atoms with van der Waals surface area (Å²) in [6, 6.07) is 5.86. The van der Waals surface area contributed by atoms with Gasteiger partial charge >= 0.3 is 11.6 Å². The lowest BCUT2D eigenvalue weighted by Gasteiger charge is -2.13. The number of hydrogen-bond acceptors (Lipinski definition) is 7. The molecule has 3 aromatic rings. The van der Waals surface area contributed by atoms with E-state index in [-0.39, 0.29) is 17.2 Å². The van der Waals surface area contributed by atoms with Crippen molar-refractivity contribution >= 4 is 38.5 Å². The van der Waals surface area contributed by atoms with Crippen LogP contribution < -0.4 is 10.5 Å². The van der Waals surface area contributed by atoms with Crippen molar-refractivity contribution in [3.05, 3.63) is 52.1 Å². The number of amides is 1. The molecule has 0 saturated heterocycles. The van der Waals surface area contributed by atoms with Gasteiger partial charge in [0, 0.05) is 19.3 Å². The summed E-state index contributed by atoms with van der Waals surface area (Å²) in [5, 5.41) is 16.8. The fourth-order valence-electron chi connectivity index (χ4n) is 1.90. The van der Waals surface area contributed by atoms with Crippen molar-refractivity contribution in [3.8, 4) is 0 Å². The van der Waals surface area contributed by atoms with Crippen LogP contribution in [0.1, 0.15) is 20.8 Å². The Balaban J connectivity index is 2.02. The van der Waals surface area contributed by atoms with Crippen LogP contribution in [0, 0.1) is 0 Å². The number of nitrogens with zero attached hydrogens (tertiary/aromatic N) is 3. The summed E-state index contributed by atoms with van der Waals surface area (Å²) in [6.45, 7) is 0. The van der Waals surface area contributed by atoms with Crippen molar-refractivity contribution in [2.24, 2.45) is 0 Å². The molecule has 0 saturated carbocycles. The van der Waals surface area contributed by atoms with Gasteiger partial charge in [-0.05, 0) is 18.2 Å². The van der Waals surface area contributed by atoms with Crippen molar-refractivity contribution < 1.29 is 19.1 Å². The molecule has 23 heavy (non-hydrogen) atoms. The van der Waals surface area contributed by atoms with Gasteiger partial charge in [0.05, 0.1) is 4.70 Å². The Kier molecular flexibility index (Phi) is 3.62. The minimum Gasteiger partial charge on any atom is -0.477 e.